The van der Waals surface area contributed by atoms with Gasteiger partial charge >= 0.3 is 0 Å². The number of hydrogen-bond donors (Lipinski definition) is 1. The number of carbonyl (C=O) groups excluding carboxylic acids is 2. The minimum Gasteiger partial charge on any atom is -0.497 e. The van der Waals surface area contributed by atoms with Gasteiger partial charge in [-0.15, -0.1) is 6.58 Å². The molecule has 1 heterocycles. The molecule has 1 aromatic carbocycles. The van der Waals surface area contributed by atoms with Crippen molar-refractivity contribution in [3.8, 4) is 5.75 Å². The topological polar surface area (TPSA) is 58.6 Å². The average Bonchev–Trinajstić information content (AvgIpc) is 2.71. The van der Waals surface area contributed by atoms with Crippen LogP contribution in [-0.4, -0.2) is 31.5 Å². The molecule has 1 N–H and O–H groups in total. The van der Waals surface area contributed by atoms with Crippen LogP contribution in [0.15, 0.2) is 36.9 Å². The van der Waals surface area contributed by atoms with Crippen molar-refractivity contribution in [3.05, 3.63) is 36.9 Å². The largest absolute Gasteiger partial charge is 0.497 e. The molecule has 0 radical (unpaired) electrons. The van der Waals surface area contributed by atoms with Crippen LogP contribution in [0.1, 0.15) is 6.42 Å². The summed E-state index contributed by atoms with van der Waals surface area (Å²) in [6.07, 6.45) is 1.84. The lowest BCUT2D eigenvalue weighted by Crippen LogP contribution is -2.38. The summed E-state index contributed by atoms with van der Waals surface area (Å²) >= 11 is 0. The summed E-state index contributed by atoms with van der Waals surface area (Å²) in [6.45, 7) is 4.08. The van der Waals surface area contributed by atoms with Crippen LogP contribution in [0.3, 0.4) is 0 Å². The zero-order chi connectivity index (χ0) is 13.8. The SMILES string of the molecule is C=CCN[C@@H]1CC(=O)N(c2ccc(OC)cc2)C1=O. The van der Waals surface area contributed by atoms with Crippen LogP contribution in [0.25, 0.3) is 0 Å². The number of methoxy groups -OCH3 is 1. The van der Waals surface area contributed by atoms with E-state index in [4.69, 9.17) is 4.74 Å². The summed E-state index contributed by atoms with van der Waals surface area (Å²) in [6, 6.07) is 6.38. The molecule has 2 rings (SSSR count). The first kappa shape index (κ1) is 13.3. The summed E-state index contributed by atoms with van der Waals surface area (Å²) in [4.78, 5) is 25.3. The number of benzene rings is 1. The van der Waals surface area contributed by atoms with Crippen molar-refractivity contribution in [1.82, 2.24) is 5.32 Å². The highest BCUT2D eigenvalue weighted by molar-refractivity contribution is 6.22. The number of amides is 2. The molecule has 1 aliphatic rings. The molecule has 0 spiro atoms. The Morgan fingerprint density at radius 3 is 2.68 bits per heavy atom. The number of carbonyl (C=O) groups is 2. The molecule has 100 valence electrons. The molecule has 1 fully saturated rings. The first-order chi connectivity index (χ1) is 9.17. The van der Waals surface area contributed by atoms with Crippen molar-refractivity contribution in [2.45, 2.75) is 12.5 Å². The predicted molar refractivity (Wildman–Crippen MR) is 72.1 cm³/mol. The fourth-order valence-corrected chi connectivity index (χ4v) is 2.02. The van der Waals surface area contributed by atoms with Crippen molar-refractivity contribution in [1.29, 1.82) is 0 Å². The second kappa shape index (κ2) is 5.67. The smallest absolute Gasteiger partial charge is 0.251 e. The Morgan fingerprint density at radius 2 is 2.11 bits per heavy atom. The maximum Gasteiger partial charge on any atom is 0.251 e. The van der Waals surface area contributed by atoms with E-state index < -0.39 is 6.04 Å². The van der Waals surface area contributed by atoms with E-state index in [0.717, 1.165) is 0 Å². The van der Waals surface area contributed by atoms with Gasteiger partial charge in [0.25, 0.3) is 5.91 Å². The van der Waals surface area contributed by atoms with Gasteiger partial charge in [-0.1, -0.05) is 6.08 Å². The Morgan fingerprint density at radius 1 is 1.42 bits per heavy atom. The maximum atomic E-state index is 12.2. The van der Waals surface area contributed by atoms with Crippen LogP contribution < -0.4 is 15.0 Å². The van der Waals surface area contributed by atoms with E-state index in [0.29, 0.717) is 18.0 Å². The maximum absolute atomic E-state index is 12.2. The van der Waals surface area contributed by atoms with Crippen molar-refractivity contribution in [2.24, 2.45) is 0 Å². The quantitative estimate of drug-likeness (QED) is 0.636. The van der Waals surface area contributed by atoms with Gasteiger partial charge in [0, 0.05) is 6.54 Å². The molecule has 1 aromatic rings. The molecule has 0 unspecified atom stereocenters. The third-order valence-electron chi connectivity index (χ3n) is 2.99. The van der Waals surface area contributed by atoms with E-state index in [9.17, 15) is 9.59 Å². The lowest BCUT2D eigenvalue weighted by Gasteiger charge is -2.15. The van der Waals surface area contributed by atoms with Gasteiger partial charge in [0.15, 0.2) is 0 Å². The van der Waals surface area contributed by atoms with Crippen LogP contribution in [-0.2, 0) is 9.59 Å². The monoisotopic (exact) mass is 260 g/mol. The van der Waals surface area contributed by atoms with Gasteiger partial charge < -0.3 is 10.1 Å². The molecule has 5 nitrogen and oxygen atoms in total. The Bertz CT molecular complexity index is 496. The first-order valence-electron chi connectivity index (χ1n) is 6.02. The van der Waals surface area contributed by atoms with Crippen LogP contribution in [0.5, 0.6) is 5.75 Å². The minimum absolute atomic E-state index is 0.179. The van der Waals surface area contributed by atoms with Gasteiger partial charge in [-0.25, -0.2) is 4.90 Å². The van der Waals surface area contributed by atoms with E-state index in [2.05, 4.69) is 11.9 Å². The fourth-order valence-electron chi connectivity index (χ4n) is 2.02. The van der Waals surface area contributed by atoms with Gasteiger partial charge in [0.2, 0.25) is 5.91 Å². The van der Waals surface area contributed by atoms with Crippen LogP contribution in [0.4, 0.5) is 5.69 Å². The Labute approximate surface area is 111 Å². The molecular weight excluding hydrogens is 244 g/mol. The summed E-state index contributed by atoms with van der Waals surface area (Å²) in [5.74, 6) is 0.262. The molecule has 1 atom stereocenters. The standard InChI is InChI=1S/C14H16N2O3/c1-3-8-15-12-9-13(17)16(14(12)18)10-4-6-11(19-2)7-5-10/h3-7,12,15H,1,8-9H2,2H3/t12-/m1/s1. The van der Waals surface area contributed by atoms with E-state index in [1.165, 1.54) is 4.90 Å². The minimum atomic E-state index is -0.465. The molecule has 19 heavy (non-hydrogen) atoms. The normalized spacial score (nSPS) is 18.8. The molecule has 0 aliphatic carbocycles. The van der Waals surface area contributed by atoms with E-state index in [1.807, 2.05) is 0 Å². The Hall–Kier alpha value is -2.14. The number of nitrogens with zero attached hydrogens (tertiary/aromatic N) is 1. The average molecular weight is 260 g/mol. The zero-order valence-electron chi connectivity index (χ0n) is 10.8. The molecular formula is C14H16N2O3. The Balaban J connectivity index is 2.17. The second-order valence-electron chi connectivity index (χ2n) is 4.22. The molecule has 0 aromatic heterocycles. The number of ether oxygens (including phenoxy) is 1. The van der Waals surface area contributed by atoms with Crippen molar-refractivity contribution in [2.75, 3.05) is 18.6 Å². The summed E-state index contributed by atoms with van der Waals surface area (Å²) in [5.41, 5.74) is 0.568. The van der Waals surface area contributed by atoms with Crippen molar-refractivity contribution < 1.29 is 14.3 Å². The highest BCUT2D eigenvalue weighted by Crippen LogP contribution is 2.24. The highest BCUT2D eigenvalue weighted by atomic mass is 16.5. The fraction of sp³-hybridized carbons (Fsp3) is 0.286. The lowest BCUT2D eigenvalue weighted by atomic mass is 10.2. The second-order valence-corrected chi connectivity index (χ2v) is 4.22. The van der Waals surface area contributed by atoms with Crippen molar-refractivity contribution in [3.63, 3.8) is 0 Å². The van der Waals surface area contributed by atoms with E-state index in [-0.39, 0.29) is 18.2 Å². The van der Waals surface area contributed by atoms with Gasteiger partial charge in [-0.2, -0.15) is 0 Å². The molecule has 1 aliphatic heterocycles. The highest BCUT2D eigenvalue weighted by Gasteiger charge is 2.38. The third-order valence-corrected chi connectivity index (χ3v) is 2.99. The van der Waals surface area contributed by atoms with Gasteiger partial charge in [-0.3, -0.25) is 9.59 Å². The molecule has 2 amide bonds. The zero-order valence-corrected chi connectivity index (χ0v) is 10.8. The summed E-state index contributed by atoms with van der Waals surface area (Å²) < 4.78 is 5.05. The van der Waals surface area contributed by atoms with Gasteiger partial charge in [0.05, 0.1) is 25.3 Å². The first-order valence-corrected chi connectivity index (χ1v) is 6.02. The number of anilines is 1. The van der Waals surface area contributed by atoms with Crippen LogP contribution in [0.2, 0.25) is 0 Å². The molecule has 5 heteroatoms. The summed E-state index contributed by atoms with van der Waals surface area (Å²) in [5, 5.41) is 2.98. The summed E-state index contributed by atoms with van der Waals surface area (Å²) in [7, 11) is 1.57. The number of rotatable bonds is 5. The number of imide groups is 1. The Kier molecular flexibility index (Phi) is 3.97. The van der Waals surface area contributed by atoms with E-state index >= 15 is 0 Å². The lowest BCUT2D eigenvalue weighted by molar-refractivity contribution is -0.121. The third kappa shape index (κ3) is 2.66. The van der Waals surface area contributed by atoms with Crippen LogP contribution in [0, 0.1) is 0 Å². The van der Waals surface area contributed by atoms with E-state index in [1.54, 1.807) is 37.5 Å². The van der Waals surface area contributed by atoms with Crippen LogP contribution >= 0.6 is 0 Å². The molecule has 0 saturated carbocycles. The molecule has 0 bridgehead atoms. The van der Waals surface area contributed by atoms with Gasteiger partial charge in [0.1, 0.15) is 5.75 Å². The predicted octanol–water partition coefficient (Wildman–Crippen LogP) is 1.10. The van der Waals surface area contributed by atoms with Gasteiger partial charge in [-0.05, 0) is 24.3 Å². The van der Waals surface area contributed by atoms with Crippen molar-refractivity contribution >= 4 is 17.5 Å². The number of hydrogen-bond acceptors (Lipinski definition) is 4. The number of nitrogens with one attached hydrogen (secondary N) is 1. The molecule has 1 saturated heterocycles.